The third-order valence-electron chi connectivity index (χ3n) is 26.0. The lowest BCUT2D eigenvalue weighted by atomic mass is 9.77. The standard InChI is InChI=1S/C44H26O.C41H28O.C40H24O/c1-2-12-30-27(11-1)21-22-28-26-39(31-13-3-4-15-33(31)42(28)30)44-36-18-7-5-16-34(36)43(35-17-6-8-19-37(35)44)29-23-24-41-38(25-29)32-14-9-10-20-40(32)45-41;1-41(2)35-20-9-7-12-26(35)32-18-11-19-33(40(32)41)39-30-16-5-3-14-28(30)38(29-15-4-6-17-31(29)39)25-22-23-37-34(24-25)27-13-8-10-21-36(27)42-37;1-2-10-29-25(9-1)17-18-26-23-27(19-21-30(26)29)39-32-12-3-5-14-34(32)40(35-15-6-4-13-33(35)39)28-20-22-38-36(24-28)31-11-7-8-16-37(31)41-38/h1-26H;3-24H,1-2H3;1-24H/i5D,6D,7D,8D,16D,17D,18D,19D;3D,4D,5D,6D,14D,15D,16D,17D;3D,4D,5D,6D,12D,13D,14D,15D. The van der Waals surface area contributed by atoms with Gasteiger partial charge in [0.05, 0.1) is 32.9 Å². The van der Waals surface area contributed by atoms with Crippen molar-refractivity contribution in [2.45, 2.75) is 19.3 Å². The van der Waals surface area contributed by atoms with E-state index in [9.17, 15) is 16.4 Å². The van der Waals surface area contributed by atoms with Crippen LogP contribution in [0.2, 0.25) is 0 Å². The number of hydrogen-bond acceptors (Lipinski definition) is 3. The predicted molar refractivity (Wildman–Crippen MR) is 544 cm³/mol. The van der Waals surface area contributed by atoms with Gasteiger partial charge in [-0.3, -0.25) is 0 Å². The minimum absolute atomic E-state index is 0.179. The molecule has 3 nitrogen and oxygen atoms in total. The van der Waals surface area contributed by atoms with E-state index in [1.807, 2.05) is 231 Å². The fourth-order valence-electron chi connectivity index (χ4n) is 20.5. The Hall–Kier alpha value is -16.5. The molecule has 0 amide bonds. The van der Waals surface area contributed by atoms with E-state index in [2.05, 4.69) is 38.1 Å². The fourth-order valence-corrected chi connectivity index (χ4v) is 20.5. The summed E-state index contributed by atoms with van der Waals surface area (Å²) >= 11 is 0. The summed E-state index contributed by atoms with van der Waals surface area (Å²) in [6.45, 7) is 4.24. The highest BCUT2D eigenvalue weighted by atomic mass is 16.3. The second-order valence-electron chi connectivity index (χ2n) is 33.2. The van der Waals surface area contributed by atoms with Gasteiger partial charge in [-0.05, 0) is 274 Å². The highest BCUT2D eigenvalue weighted by molar-refractivity contribution is 6.31. The highest BCUT2D eigenvalue weighted by Crippen LogP contribution is 2.57. The van der Waals surface area contributed by atoms with Crippen LogP contribution in [0.1, 0.15) is 57.9 Å². The second-order valence-corrected chi connectivity index (χ2v) is 33.2. The zero-order valence-corrected chi connectivity index (χ0v) is 68.4. The summed E-state index contributed by atoms with van der Waals surface area (Å²) in [6.07, 6.45) is 0. The molecule has 0 aliphatic heterocycles. The topological polar surface area (TPSA) is 39.4 Å². The van der Waals surface area contributed by atoms with Gasteiger partial charge >= 0.3 is 0 Å². The first kappa shape index (κ1) is 52.9. The van der Waals surface area contributed by atoms with Crippen LogP contribution in [0.3, 0.4) is 0 Å². The van der Waals surface area contributed by atoms with Gasteiger partial charge < -0.3 is 13.3 Å². The summed E-state index contributed by atoms with van der Waals surface area (Å²) in [5.74, 6) is 0. The summed E-state index contributed by atoms with van der Waals surface area (Å²) < 4.78 is 236. The molecule has 0 spiro atoms. The molecule has 28 rings (SSSR count). The second kappa shape index (κ2) is 28.8. The van der Waals surface area contributed by atoms with Crippen LogP contribution in [-0.2, 0) is 5.41 Å². The number of furan rings is 3. The maximum absolute atomic E-state index is 9.47. The predicted octanol–water partition coefficient (Wildman–Crippen LogP) is 35.8. The Morgan fingerprint density at radius 1 is 0.188 bits per heavy atom. The number of rotatable bonds is 6. The first-order valence-corrected chi connectivity index (χ1v) is 42.4. The average molecular weight is 1650 g/mol. The van der Waals surface area contributed by atoms with Gasteiger partial charge in [0.15, 0.2) is 0 Å². The van der Waals surface area contributed by atoms with Crippen LogP contribution in [-0.4, -0.2) is 0 Å². The normalized spacial score (nSPS) is 15.1. The molecule has 3 heteroatoms. The molecule has 1 aliphatic rings. The van der Waals surface area contributed by atoms with Crippen molar-refractivity contribution in [3.63, 3.8) is 0 Å². The van der Waals surface area contributed by atoms with E-state index >= 15 is 0 Å². The van der Waals surface area contributed by atoms with Crippen molar-refractivity contribution in [1.29, 1.82) is 0 Å². The Balaban J connectivity index is 0.000000115. The van der Waals surface area contributed by atoms with E-state index in [0.29, 0.717) is 100 Å². The molecule has 24 aromatic carbocycles. The van der Waals surface area contributed by atoms with Gasteiger partial charge in [-0.25, -0.2) is 0 Å². The summed E-state index contributed by atoms with van der Waals surface area (Å²) in [5.41, 5.74) is 12.9. The van der Waals surface area contributed by atoms with E-state index in [1.165, 1.54) is 0 Å². The van der Waals surface area contributed by atoms with Crippen LogP contribution in [0.15, 0.2) is 449 Å². The van der Waals surface area contributed by atoms with Gasteiger partial charge in [0.1, 0.15) is 33.5 Å². The van der Waals surface area contributed by atoms with Crippen molar-refractivity contribution in [2.24, 2.45) is 0 Å². The minimum Gasteiger partial charge on any atom is -0.456 e. The molecule has 128 heavy (non-hydrogen) atoms. The molecule has 27 aromatic rings. The summed E-state index contributed by atoms with van der Waals surface area (Å²) in [7, 11) is 0. The molecule has 3 aromatic heterocycles. The van der Waals surface area contributed by atoms with Crippen LogP contribution >= 0.6 is 0 Å². The smallest absolute Gasteiger partial charge is 0.135 e. The Morgan fingerprint density at radius 3 is 0.945 bits per heavy atom. The van der Waals surface area contributed by atoms with E-state index in [4.69, 9.17) is 29.7 Å². The third-order valence-corrected chi connectivity index (χ3v) is 26.0. The maximum atomic E-state index is 9.47. The van der Waals surface area contributed by atoms with Crippen molar-refractivity contribution in [3.05, 3.63) is 447 Å². The molecular formula is C125H78O3. The molecule has 0 saturated carbocycles. The van der Waals surface area contributed by atoms with Crippen molar-refractivity contribution >= 4 is 184 Å². The van der Waals surface area contributed by atoms with Crippen LogP contribution in [0, 0.1) is 0 Å². The lowest BCUT2D eigenvalue weighted by molar-refractivity contribution is 0.662. The lowest BCUT2D eigenvalue weighted by Crippen LogP contribution is -2.16. The van der Waals surface area contributed by atoms with E-state index in [1.54, 1.807) is 36.4 Å². The number of hydrogen-bond donors (Lipinski definition) is 0. The summed E-state index contributed by atoms with van der Waals surface area (Å²) in [6, 6.07) is 84.6. The molecule has 0 bridgehead atoms. The van der Waals surface area contributed by atoms with Gasteiger partial charge in [-0.15, -0.1) is 0 Å². The molecule has 3 heterocycles. The van der Waals surface area contributed by atoms with Crippen LogP contribution in [0.25, 0.3) is 262 Å². The van der Waals surface area contributed by atoms with Gasteiger partial charge in [0.2, 0.25) is 0 Å². The molecular weight excluding hydrogens is 1550 g/mol. The quantitative estimate of drug-likeness (QED) is 0.123. The van der Waals surface area contributed by atoms with Crippen LogP contribution in [0.5, 0.6) is 0 Å². The number of benzene rings is 24. The largest absolute Gasteiger partial charge is 0.456 e. The Kier molecular flexibility index (Phi) is 11.9. The Labute approximate surface area is 771 Å². The van der Waals surface area contributed by atoms with Crippen LogP contribution < -0.4 is 0 Å². The van der Waals surface area contributed by atoms with Gasteiger partial charge in [0, 0.05) is 37.7 Å². The first-order chi connectivity index (χ1) is 73.2. The molecule has 596 valence electrons. The zero-order chi connectivity index (χ0) is 105. The van der Waals surface area contributed by atoms with Crippen molar-refractivity contribution in [2.75, 3.05) is 0 Å². The molecule has 0 N–H and O–H groups in total. The SMILES string of the molecule is [2H]c1c([2H])c([2H])c2c(-c3cc4ccc5ccccc5c4c4ccccc34)c3c([2H])c([2H])c([2H])c([2H])c3c(-c3ccc4oc5ccccc5c4c3)c2c1[2H].[2H]c1c([2H])c([2H])c2c(-c3ccc4oc5ccccc5c4c3)c3c([2H])c([2H])c([2H])c([2H])c3c(-c3ccc4c(ccc5ccccc54)c3)c2c1[2H].[2H]c1c([2H])c([2H])c2c(-c3cccc4c3C(C)(C)c3ccccc3-4)c3c([2H])c([2H])c([2H])c([2H])c3c(-c3ccc4oc5ccccc5c4c3)c2c1[2H]. The Morgan fingerprint density at radius 2 is 0.492 bits per heavy atom. The maximum Gasteiger partial charge on any atom is 0.135 e. The van der Waals surface area contributed by atoms with Gasteiger partial charge in [0.25, 0.3) is 0 Å². The van der Waals surface area contributed by atoms with Crippen molar-refractivity contribution in [3.8, 4) is 77.9 Å². The molecule has 0 saturated heterocycles. The fraction of sp³-hybridized carbons (Fsp3) is 0.0240. The molecule has 0 fully saturated rings. The molecule has 0 atom stereocenters. The van der Waals surface area contributed by atoms with Crippen molar-refractivity contribution < 1.29 is 46.1 Å². The molecule has 1 aliphatic carbocycles. The number of fused-ring (bicyclic) bond motifs is 26. The minimum atomic E-state index is -0.524. The summed E-state index contributed by atoms with van der Waals surface area (Å²) in [5, 5.41) is 17.0. The first-order valence-electron chi connectivity index (χ1n) is 54.4. The van der Waals surface area contributed by atoms with Gasteiger partial charge in [-0.1, -0.05) is 383 Å². The lowest BCUT2D eigenvalue weighted by Gasteiger charge is -2.26. The Bertz CT molecular complexity index is 10700. The van der Waals surface area contributed by atoms with Crippen molar-refractivity contribution in [1.82, 2.24) is 0 Å². The number of para-hydroxylation sites is 3. The molecule has 0 radical (unpaired) electrons. The van der Waals surface area contributed by atoms with E-state index in [-0.39, 0.29) is 137 Å². The average Bonchev–Trinajstić information content (AvgIpc) is 1.18. The summed E-state index contributed by atoms with van der Waals surface area (Å²) in [4.78, 5) is 0. The monoisotopic (exact) mass is 1650 g/mol. The molecule has 0 unspecified atom stereocenters. The third kappa shape index (κ3) is 11.3. The highest BCUT2D eigenvalue weighted by Gasteiger charge is 2.38. The van der Waals surface area contributed by atoms with Crippen LogP contribution in [0.4, 0.5) is 0 Å². The van der Waals surface area contributed by atoms with Gasteiger partial charge in [-0.2, -0.15) is 0 Å². The van der Waals surface area contributed by atoms with E-state index in [0.717, 1.165) is 108 Å². The van der Waals surface area contributed by atoms with E-state index < -0.39 is 77.9 Å². The zero-order valence-electron chi connectivity index (χ0n) is 92.4.